The van der Waals surface area contributed by atoms with Gasteiger partial charge in [0.2, 0.25) is 0 Å². The number of hydrogen-bond acceptors (Lipinski definition) is 4. The number of ketones is 1. The third kappa shape index (κ3) is 3.38. The van der Waals surface area contributed by atoms with Crippen LogP contribution in [0.25, 0.3) is 11.3 Å². The lowest BCUT2D eigenvalue weighted by atomic mass is 9.77. The molecule has 1 aliphatic rings. The molecule has 27 heavy (non-hydrogen) atoms. The van der Waals surface area contributed by atoms with Crippen LogP contribution < -0.4 is 5.32 Å². The predicted octanol–water partition coefficient (Wildman–Crippen LogP) is 4.34. The van der Waals surface area contributed by atoms with E-state index in [4.69, 9.17) is 0 Å². The van der Waals surface area contributed by atoms with Crippen molar-refractivity contribution in [3.05, 3.63) is 66.1 Å². The van der Waals surface area contributed by atoms with Crippen molar-refractivity contribution in [2.45, 2.75) is 32.3 Å². The zero-order chi connectivity index (χ0) is 19.0. The van der Waals surface area contributed by atoms with Gasteiger partial charge in [0.25, 0.3) is 0 Å². The summed E-state index contributed by atoms with van der Waals surface area (Å²) in [6.07, 6.45) is 4.46. The number of nitrogens with one attached hydrogen (secondary N) is 2. The van der Waals surface area contributed by atoms with Crippen molar-refractivity contribution in [3.8, 4) is 11.3 Å². The zero-order valence-corrected chi connectivity index (χ0v) is 15.5. The maximum Gasteiger partial charge on any atom is 0.167 e. The molecule has 0 aliphatic heterocycles. The van der Waals surface area contributed by atoms with Gasteiger partial charge in [0, 0.05) is 35.8 Å². The SMILES string of the molecule is CC(C)(O)[C@H]1CC(=O)c2c([nH]c(-c3ccncc3)c2Nc2ccccc2)C1. The van der Waals surface area contributed by atoms with E-state index in [-0.39, 0.29) is 11.7 Å². The molecule has 5 heteroatoms. The Hall–Kier alpha value is -2.92. The number of Topliss-reactive ketones (excluding diaryl/α,β-unsaturated/α-hetero) is 1. The fourth-order valence-electron chi connectivity index (χ4n) is 3.68. The van der Waals surface area contributed by atoms with Gasteiger partial charge in [-0.15, -0.1) is 0 Å². The van der Waals surface area contributed by atoms with Crippen molar-refractivity contribution in [2.75, 3.05) is 5.32 Å². The van der Waals surface area contributed by atoms with Crippen LogP contribution >= 0.6 is 0 Å². The summed E-state index contributed by atoms with van der Waals surface area (Å²) < 4.78 is 0. The minimum absolute atomic E-state index is 0.0540. The normalized spacial score (nSPS) is 16.9. The van der Waals surface area contributed by atoms with Crippen LogP contribution in [0.2, 0.25) is 0 Å². The molecule has 0 fully saturated rings. The highest BCUT2D eigenvalue weighted by Crippen LogP contribution is 2.41. The lowest BCUT2D eigenvalue weighted by Gasteiger charge is -2.31. The van der Waals surface area contributed by atoms with Crippen molar-refractivity contribution in [3.63, 3.8) is 0 Å². The number of anilines is 2. The van der Waals surface area contributed by atoms with Crippen LogP contribution in [0.3, 0.4) is 0 Å². The van der Waals surface area contributed by atoms with E-state index < -0.39 is 5.60 Å². The van der Waals surface area contributed by atoms with Crippen LogP contribution in [-0.4, -0.2) is 26.5 Å². The molecule has 138 valence electrons. The molecule has 3 N–H and O–H groups in total. The predicted molar refractivity (Wildman–Crippen MR) is 106 cm³/mol. The number of rotatable bonds is 4. The largest absolute Gasteiger partial charge is 0.390 e. The standard InChI is InChI=1S/C22H23N3O2/c1-22(2,27)15-12-17-19(18(26)13-15)21(24-16-6-4-3-5-7-16)20(25-17)14-8-10-23-11-9-14/h3-11,15,24-25,27H,12-13H2,1-2H3/t15-/m1/s1. The Morgan fingerprint density at radius 3 is 2.48 bits per heavy atom. The highest BCUT2D eigenvalue weighted by molar-refractivity contribution is 6.07. The maximum absolute atomic E-state index is 13.0. The average Bonchev–Trinajstić information content (AvgIpc) is 3.01. The number of fused-ring (bicyclic) bond motifs is 1. The number of aromatic amines is 1. The number of para-hydroxylation sites is 1. The molecule has 0 saturated carbocycles. The van der Waals surface area contributed by atoms with Gasteiger partial charge in [-0.3, -0.25) is 9.78 Å². The topological polar surface area (TPSA) is 78.0 Å². The van der Waals surface area contributed by atoms with Crippen molar-refractivity contribution >= 4 is 17.2 Å². The molecule has 1 atom stereocenters. The van der Waals surface area contributed by atoms with E-state index in [1.807, 2.05) is 42.5 Å². The highest BCUT2D eigenvalue weighted by atomic mass is 16.3. The Bertz CT molecular complexity index is 956. The lowest BCUT2D eigenvalue weighted by Crippen LogP contribution is -2.37. The number of H-pyrrole nitrogens is 1. The van der Waals surface area contributed by atoms with Gasteiger partial charge in [0.05, 0.1) is 22.5 Å². The molecule has 2 heterocycles. The van der Waals surface area contributed by atoms with Crippen LogP contribution in [0.15, 0.2) is 54.9 Å². The minimum Gasteiger partial charge on any atom is -0.390 e. The number of hydrogen-bond donors (Lipinski definition) is 3. The van der Waals surface area contributed by atoms with Gasteiger partial charge in [0.1, 0.15) is 0 Å². The molecule has 1 aliphatic carbocycles. The second-order valence-electron chi connectivity index (χ2n) is 7.64. The van der Waals surface area contributed by atoms with Crippen LogP contribution in [0.4, 0.5) is 11.4 Å². The first kappa shape index (κ1) is 17.5. The van der Waals surface area contributed by atoms with Gasteiger partial charge in [0.15, 0.2) is 5.78 Å². The molecule has 0 bridgehead atoms. The zero-order valence-electron chi connectivity index (χ0n) is 15.5. The van der Waals surface area contributed by atoms with E-state index in [2.05, 4.69) is 15.3 Å². The second-order valence-corrected chi connectivity index (χ2v) is 7.64. The molecule has 3 aromatic rings. The maximum atomic E-state index is 13.0. The summed E-state index contributed by atoms with van der Waals surface area (Å²) in [5, 5.41) is 13.9. The van der Waals surface area contributed by atoms with Crippen LogP contribution in [0.5, 0.6) is 0 Å². The summed E-state index contributed by atoms with van der Waals surface area (Å²) in [5.74, 6) is -0.0515. The van der Waals surface area contributed by atoms with E-state index in [0.29, 0.717) is 18.4 Å². The van der Waals surface area contributed by atoms with Crippen molar-refractivity contribution in [1.29, 1.82) is 0 Å². The van der Waals surface area contributed by atoms with E-state index in [1.54, 1.807) is 26.2 Å². The van der Waals surface area contributed by atoms with Gasteiger partial charge < -0.3 is 15.4 Å². The fourth-order valence-corrected chi connectivity index (χ4v) is 3.68. The van der Waals surface area contributed by atoms with Crippen molar-refractivity contribution in [2.24, 2.45) is 5.92 Å². The van der Waals surface area contributed by atoms with Crippen LogP contribution in [-0.2, 0) is 6.42 Å². The number of nitrogens with zero attached hydrogens (tertiary/aromatic N) is 1. The Kier molecular flexibility index (Phi) is 4.32. The van der Waals surface area contributed by atoms with E-state index in [0.717, 1.165) is 28.3 Å². The first-order valence-electron chi connectivity index (χ1n) is 9.16. The van der Waals surface area contributed by atoms with E-state index in [1.165, 1.54) is 0 Å². The Morgan fingerprint density at radius 2 is 1.81 bits per heavy atom. The number of carbonyl (C=O) groups is 1. The monoisotopic (exact) mass is 361 g/mol. The third-order valence-electron chi connectivity index (χ3n) is 5.25. The number of carbonyl (C=O) groups excluding carboxylic acids is 1. The summed E-state index contributed by atoms with van der Waals surface area (Å²) >= 11 is 0. The molecule has 0 spiro atoms. The third-order valence-corrected chi connectivity index (χ3v) is 5.25. The van der Waals surface area contributed by atoms with Crippen molar-refractivity contribution in [1.82, 2.24) is 9.97 Å². The molecule has 0 unspecified atom stereocenters. The van der Waals surface area contributed by atoms with Gasteiger partial charge in [-0.05, 0) is 50.5 Å². The molecular weight excluding hydrogens is 338 g/mol. The Labute approximate surface area is 158 Å². The van der Waals surface area contributed by atoms with Crippen LogP contribution in [0.1, 0.15) is 36.3 Å². The van der Waals surface area contributed by atoms with Gasteiger partial charge in [-0.1, -0.05) is 18.2 Å². The summed E-state index contributed by atoms with van der Waals surface area (Å²) in [5.41, 5.74) is 4.23. The summed E-state index contributed by atoms with van der Waals surface area (Å²) in [7, 11) is 0. The molecule has 2 aromatic heterocycles. The summed E-state index contributed by atoms with van der Waals surface area (Å²) in [6.45, 7) is 3.54. The number of aromatic nitrogens is 2. The molecule has 4 rings (SSSR count). The molecular formula is C22H23N3O2. The first-order chi connectivity index (χ1) is 12.9. The summed E-state index contributed by atoms with van der Waals surface area (Å²) in [4.78, 5) is 20.6. The second kappa shape index (κ2) is 6.67. The summed E-state index contributed by atoms with van der Waals surface area (Å²) in [6, 6.07) is 13.7. The first-order valence-corrected chi connectivity index (χ1v) is 9.16. The Balaban J connectivity index is 1.84. The van der Waals surface area contributed by atoms with Gasteiger partial charge in [-0.25, -0.2) is 0 Å². The molecule has 0 saturated heterocycles. The van der Waals surface area contributed by atoms with E-state index in [9.17, 15) is 9.90 Å². The van der Waals surface area contributed by atoms with Gasteiger partial charge >= 0.3 is 0 Å². The number of aliphatic hydroxyl groups is 1. The van der Waals surface area contributed by atoms with Crippen molar-refractivity contribution < 1.29 is 9.90 Å². The smallest absolute Gasteiger partial charge is 0.167 e. The number of benzene rings is 1. The number of pyridine rings is 1. The van der Waals surface area contributed by atoms with Gasteiger partial charge in [-0.2, -0.15) is 0 Å². The fraction of sp³-hybridized carbons (Fsp3) is 0.273. The quantitative estimate of drug-likeness (QED) is 0.646. The van der Waals surface area contributed by atoms with E-state index >= 15 is 0 Å². The minimum atomic E-state index is -0.900. The molecule has 5 nitrogen and oxygen atoms in total. The molecule has 0 amide bonds. The molecule has 1 aromatic carbocycles. The van der Waals surface area contributed by atoms with Crippen LogP contribution in [0, 0.1) is 5.92 Å². The Morgan fingerprint density at radius 1 is 1.11 bits per heavy atom. The highest BCUT2D eigenvalue weighted by Gasteiger charge is 2.37. The average molecular weight is 361 g/mol. The molecule has 0 radical (unpaired) electrons. The lowest BCUT2D eigenvalue weighted by molar-refractivity contribution is 0.0114.